The second kappa shape index (κ2) is 7.56. The summed E-state index contributed by atoms with van der Waals surface area (Å²) in [5, 5.41) is 4.57. The molecule has 0 fully saturated rings. The normalized spacial score (nSPS) is 17.4. The quantitative estimate of drug-likeness (QED) is 0.773. The molecular weight excluding hydrogens is 372 g/mol. The van der Waals surface area contributed by atoms with E-state index in [1.165, 1.54) is 12.0 Å². The molecule has 1 aromatic heterocycles. The summed E-state index contributed by atoms with van der Waals surface area (Å²) in [6.07, 6.45) is -0.501. The summed E-state index contributed by atoms with van der Waals surface area (Å²) in [7, 11) is 1.48. The van der Waals surface area contributed by atoms with Crippen LogP contribution in [0.25, 0.3) is 11.4 Å². The summed E-state index contributed by atoms with van der Waals surface area (Å²) in [6.45, 7) is 6.16. The molecule has 3 rings (SSSR count). The summed E-state index contributed by atoms with van der Waals surface area (Å²) in [5.74, 6) is 0.863. The van der Waals surface area contributed by atoms with Gasteiger partial charge in [-0.15, -0.1) is 0 Å². The van der Waals surface area contributed by atoms with Crippen LogP contribution < -0.4 is 0 Å². The van der Waals surface area contributed by atoms with E-state index in [9.17, 15) is 4.79 Å². The van der Waals surface area contributed by atoms with Crippen LogP contribution >= 0.6 is 11.6 Å². The van der Waals surface area contributed by atoms with Gasteiger partial charge in [0.25, 0.3) is 5.89 Å². The number of aromatic nitrogens is 2. The first kappa shape index (κ1) is 19.2. The number of carbonyl (C=O) groups excluding carboxylic acids is 1. The van der Waals surface area contributed by atoms with Crippen LogP contribution in [0.1, 0.15) is 32.7 Å². The lowest BCUT2D eigenvalue weighted by Gasteiger charge is -2.33. The van der Waals surface area contributed by atoms with Gasteiger partial charge in [-0.05, 0) is 32.9 Å². The standard InChI is InChI=1S/C18H21ClN4O4/c1-18(2,3)26-17(24)23-9-8-20-15(25-4)13(23)16-21-14(22-27-16)11-6-5-7-12(19)10-11/h5-7,10,13H,8-9H2,1-4H3. The molecule has 27 heavy (non-hydrogen) atoms. The van der Waals surface area contributed by atoms with E-state index in [4.69, 9.17) is 25.6 Å². The van der Waals surface area contributed by atoms with E-state index in [2.05, 4.69) is 15.1 Å². The number of carbonyl (C=O) groups is 1. The van der Waals surface area contributed by atoms with E-state index in [1.807, 2.05) is 6.07 Å². The Balaban J connectivity index is 1.94. The summed E-state index contributed by atoms with van der Waals surface area (Å²) in [5.41, 5.74) is 0.0672. The first-order chi connectivity index (χ1) is 12.8. The van der Waals surface area contributed by atoms with E-state index in [1.54, 1.807) is 39.0 Å². The Morgan fingerprint density at radius 1 is 1.37 bits per heavy atom. The highest BCUT2D eigenvalue weighted by molar-refractivity contribution is 6.30. The van der Waals surface area contributed by atoms with Crippen LogP contribution in [0.4, 0.5) is 4.79 Å². The minimum atomic E-state index is -0.751. The third-order valence-electron chi connectivity index (χ3n) is 3.75. The molecule has 0 saturated heterocycles. The highest BCUT2D eigenvalue weighted by Gasteiger charge is 2.39. The Hall–Kier alpha value is -2.61. The molecule has 1 aromatic carbocycles. The zero-order valence-corrected chi connectivity index (χ0v) is 16.4. The molecule has 8 nitrogen and oxygen atoms in total. The maximum Gasteiger partial charge on any atom is 0.411 e. The molecule has 0 aliphatic carbocycles. The third-order valence-corrected chi connectivity index (χ3v) is 3.98. The van der Waals surface area contributed by atoms with Gasteiger partial charge in [0.15, 0.2) is 6.04 Å². The summed E-state index contributed by atoms with van der Waals surface area (Å²) >= 11 is 6.03. The zero-order valence-electron chi connectivity index (χ0n) is 15.6. The number of benzene rings is 1. The number of hydrogen-bond acceptors (Lipinski definition) is 7. The second-order valence-electron chi connectivity index (χ2n) is 6.97. The number of hydrogen-bond donors (Lipinski definition) is 0. The molecular formula is C18H21ClN4O4. The maximum atomic E-state index is 12.7. The zero-order chi connectivity index (χ0) is 19.6. The highest BCUT2D eigenvalue weighted by atomic mass is 35.5. The van der Waals surface area contributed by atoms with Crippen LogP contribution in [-0.2, 0) is 9.47 Å². The first-order valence-electron chi connectivity index (χ1n) is 8.46. The Morgan fingerprint density at radius 2 is 2.15 bits per heavy atom. The van der Waals surface area contributed by atoms with E-state index in [-0.39, 0.29) is 5.89 Å². The van der Waals surface area contributed by atoms with Gasteiger partial charge >= 0.3 is 6.09 Å². The van der Waals surface area contributed by atoms with Crippen LogP contribution in [0.3, 0.4) is 0 Å². The van der Waals surface area contributed by atoms with E-state index < -0.39 is 17.7 Å². The fraction of sp³-hybridized carbons (Fsp3) is 0.444. The van der Waals surface area contributed by atoms with Gasteiger partial charge in [0.05, 0.1) is 13.7 Å². The van der Waals surface area contributed by atoms with Crippen molar-refractivity contribution in [2.24, 2.45) is 4.99 Å². The monoisotopic (exact) mass is 392 g/mol. The number of nitrogens with zero attached hydrogens (tertiary/aromatic N) is 4. The lowest BCUT2D eigenvalue weighted by atomic mass is 10.2. The second-order valence-corrected chi connectivity index (χ2v) is 7.40. The van der Waals surface area contributed by atoms with Crippen molar-refractivity contribution in [3.05, 3.63) is 35.2 Å². The van der Waals surface area contributed by atoms with Crippen LogP contribution in [0.2, 0.25) is 5.02 Å². The fourth-order valence-electron chi connectivity index (χ4n) is 2.64. The first-order valence-corrected chi connectivity index (χ1v) is 8.84. The van der Waals surface area contributed by atoms with Gasteiger partial charge in [-0.2, -0.15) is 4.98 Å². The minimum absolute atomic E-state index is 0.191. The molecule has 0 bridgehead atoms. The van der Waals surface area contributed by atoms with Gasteiger partial charge in [0, 0.05) is 17.1 Å². The van der Waals surface area contributed by atoms with Crippen LogP contribution in [0.15, 0.2) is 33.8 Å². The molecule has 1 amide bonds. The Bertz CT molecular complexity index is 859. The number of rotatable bonds is 2. The van der Waals surface area contributed by atoms with Gasteiger partial charge in [0.2, 0.25) is 11.7 Å². The van der Waals surface area contributed by atoms with Gasteiger partial charge in [0.1, 0.15) is 5.60 Å². The van der Waals surface area contributed by atoms with Crippen molar-refractivity contribution in [2.75, 3.05) is 20.2 Å². The van der Waals surface area contributed by atoms with Crippen LogP contribution in [0.5, 0.6) is 0 Å². The van der Waals surface area contributed by atoms with Crippen molar-refractivity contribution in [1.82, 2.24) is 15.0 Å². The summed E-state index contributed by atoms with van der Waals surface area (Å²) in [6, 6.07) is 6.35. The summed E-state index contributed by atoms with van der Waals surface area (Å²) in [4.78, 5) is 22.9. The van der Waals surface area contributed by atoms with E-state index in [0.717, 1.165) is 0 Å². The summed E-state index contributed by atoms with van der Waals surface area (Å²) < 4.78 is 16.3. The number of amides is 1. The predicted molar refractivity (Wildman–Crippen MR) is 99.7 cm³/mol. The highest BCUT2D eigenvalue weighted by Crippen LogP contribution is 2.29. The van der Waals surface area contributed by atoms with Crippen molar-refractivity contribution < 1.29 is 18.8 Å². The Morgan fingerprint density at radius 3 is 2.81 bits per heavy atom. The van der Waals surface area contributed by atoms with Crippen molar-refractivity contribution in [1.29, 1.82) is 0 Å². The minimum Gasteiger partial charge on any atom is -0.482 e. The molecule has 1 aliphatic heterocycles. The fourth-order valence-corrected chi connectivity index (χ4v) is 2.83. The van der Waals surface area contributed by atoms with E-state index in [0.29, 0.717) is 35.4 Å². The molecule has 2 heterocycles. The van der Waals surface area contributed by atoms with Crippen molar-refractivity contribution in [3.8, 4) is 11.4 Å². The molecule has 1 unspecified atom stereocenters. The number of aliphatic imine (C=N–C) groups is 1. The molecule has 0 N–H and O–H groups in total. The SMILES string of the molecule is COC1=NCCN(C(=O)OC(C)(C)C)C1c1nc(-c2cccc(Cl)c2)no1. The molecule has 1 aliphatic rings. The average Bonchev–Trinajstić information content (AvgIpc) is 3.09. The molecule has 0 saturated carbocycles. The topological polar surface area (TPSA) is 90.0 Å². The van der Waals surface area contributed by atoms with Gasteiger partial charge in [-0.3, -0.25) is 9.89 Å². The van der Waals surface area contributed by atoms with Gasteiger partial charge in [-0.1, -0.05) is 28.9 Å². The van der Waals surface area contributed by atoms with Crippen LogP contribution in [0, 0.1) is 0 Å². The molecule has 2 aromatic rings. The van der Waals surface area contributed by atoms with Crippen molar-refractivity contribution in [3.63, 3.8) is 0 Å². The molecule has 144 valence electrons. The van der Waals surface area contributed by atoms with Gasteiger partial charge in [-0.25, -0.2) is 4.79 Å². The third kappa shape index (κ3) is 4.39. The number of ether oxygens (including phenoxy) is 2. The largest absolute Gasteiger partial charge is 0.482 e. The lowest BCUT2D eigenvalue weighted by Crippen LogP contribution is -2.46. The predicted octanol–water partition coefficient (Wildman–Crippen LogP) is 3.73. The molecule has 0 radical (unpaired) electrons. The van der Waals surface area contributed by atoms with E-state index >= 15 is 0 Å². The van der Waals surface area contributed by atoms with Crippen molar-refractivity contribution in [2.45, 2.75) is 32.4 Å². The average molecular weight is 393 g/mol. The van der Waals surface area contributed by atoms with Gasteiger partial charge < -0.3 is 14.0 Å². The number of halogens is 1. The molecule has 9 heteroatoms. The molecule has 1 atom stereocenters. The Kier molecular flexibility index (Phi) is 5.36. The smallest absolute Gasteiger partial charge is 0.411 e. The van der Waals surface area contributed by atoms with Crippen LogP contribution in [-0.4, -0.2) is 52.8 Å². The maximum absolute atomic E-state index is 12.7. The molecule has 0 spiro atoms. The lowest BCUT2D eigenvalue weighted by molar-refractivity contribution is 0.0162. The Labute approximate surface area is 162 Å². The number of methoxy groups -OCH3 is 1. The van der Waals surface area contributed by atoms with Crippen molar-refractivity contribution >= 4 is 23.6 Å².